The Kier molecular flexibility index (Phi) is 8.85. The van der Waals surface area contributed by atoms with E-state index in [4.69, 9.17) is 5.73 Å². The van der Waals surface area contributed by atoms with Crippen molar-refractivity contribution in [1.82, 2.24) is 14.8 Å². The normalized spacial score (nSPS) is 15.3. The van der Waals surface area contributed by atoms with Crippen LogP contribution >= 0.6 is 24.8 Å². The first-order valence-electron chi connectivity index (χ1n) is 9.24. The zero-order valence-corrected chi connectivity index (χ0v) is 17.8. The maximum atomic E-state index is 14.3. The fourth-order valence-electron chi connectivity index (χ4n) is 3.36. The Morgan fingerprint density at radius 2 is 2.04 bits per heavy atom. The van der Waals surface area contributed by atoms with E-state index < -0.39 is 17.3 Å². The molecule has 0 aliphatic carbocycles. The minimum absolute atomic E-state index is 0. The van der Waals surface area contributed by atoms with Gasteiger partial charge in [0, 0.05) is 18.5 Å². The minimum atomic E-state index is -1.04. The molecule has 3 rings (SSSR count). The van der Waals surface area contributed by atoms with E-state index in [1.165, 1.54) is 12.5 Å². The van der Waals surface area contributed by atoms with Crippen LogP contribution in [-0.4, -0.2) is 26.2 Å². The summed E-state index contributed by atoms with van der Waals surface area (Å²) in [7, 11) is 0. The Labute approximate surface area is 177 Å². The summed E-state index contributed by atoms with van der Waals surface area (Å²) in [5, 5.41) is 11.2. The van der Waals surface area contributed by atoms with Gasteiger partial charge in [-0.05, 0) is 44.4 Å². The highest BCUT2D eigenvalue weighted by Gasteiger charge is 2.28. The van der Waals surface area contributed by atoms with E-state index in [9.17, 15) is 9.18 Å². The molecule has 9 heteroatoms. The first-order valence-corrected chi connectivity index (χ1v) is 9.24. The van der Waals surface area contributed by atoms with Crippen LogP contribution in [0.15, 0.2) is 18.2 Å². The molecule has 1 amide bonds. The lowest BCUT2D eigenvalue weighted by atomic mass is 9.96. The molecule has 1 aromatic carbocycles. The van der Waals surface area contributed by atoms with Crippen LogP contribution < -0.4 is 11.1 Å². The van der Waals surface area contributed by atoms with Crippen LogP contribution in [0.2, 0.25) is 0 Å². The van der Waals surface area contributed by atoms with Gasteiger partial charge in [-0.25, -0.2) is 4.39 Å². The standard InChI is InChI=1S/C19H26FN5O.2ClH/c1-3-10-19(2,21)18(26)22-15-12-13(8-9-14(15)20)17-24-23-16-7-5-4-6-11-25(16)17;;/h8-9,12H,3-7,10-11,21H2,1-2H3,(H,22,26);2*1H. The molecule has 156 valence electrons. The number of hydrogen-bond acceptors (Lipinski definition) is 4. The van der Waals surface area contributed by atoms with Gasteiger partial charge < -0.3 is 15.6 Å². The highest BCUT2D eigenvalue weighted by molar-refractivity contribution is 5.98. The number of benzene rings is 1. The van der Waals surface area contributed by atoms with Gasteiger partial charge in [-0.1, -0.05) is 19.8 Å². The highest BCUT2D eigenvalue weighted by Crippen LogP contribution is 2.27. The number of amides is 1. The summed E-state index contributed by atoms with van der Waals surface area (Å²) in [4.78, 5) is 12.4. The van der Waals surface area contributed by atoms with Gasteiger partial charge >= 0.3 is 0 Å². The molecule has 0 radical (unpaired) electrons. The first-order chi connectivity index (χ1) is 12.4. The van der Waals surface area contributed by atoms with E-state index in [1.807, 2.05) is 6.92 Å². The largest absolute Gasteiger partial charge is 0.322 e. The van der Waals surface area contributed by atoms with Gasteiger partial charge in [-0.2, -0.15) is 0 Å². The number of aromatic nitrogens is 3. The van der Waals surface area contributed by atoms with Crippen molar-refractivity contribution in [3.63, 3.8) is 0 Å². The second-order valence-corrected chi connectivity index (χ2v) is 7.22. The van der Waals surface area contributed by atoms with Crippen LogP contribution in [0.4, 0.5) is 10.1 Å². The summed E-state index contributed by atoms with van der Waals surface area (Å²) in [6, 6.07) is 4.62. The molecular weight excluding hydrogens is 404 g/mol. The molecule has 1 aliphatic heterocycles. The Hall–Kier alpha value is -1.70. The van der Waals surface area contributed by atoms with Crippen LogP contribution in [0.1, 0.15) is 51.8 Å². The van der Waals surface area contributed by atoms with Crippen LogP contribution in [0.25, 0.3) is 11.4 Å². The monoisotopic (exact) mass is 431 g/mol. The number of nitrogens with one attached hydrogen (secondary N) is 1. The molecule has 1 aromatic heterocycles. The molecule has 2 heterocycles. The molecular formula is C19H28Cl2FN5O. The minimum Gasteiger partial charge on any atom is -0.322 e. The molecule has 2 aromatic rings. The fourth-order valence-corrected chi connectivity index (χ4v) is 3.36. The molecule has 3 N–H and O–H groups in total. The predicted octanol–water partition coefficient (Wildman–Crippen LogP) is 4.11. The second kappa shape index (κ2) is 10.2. The molecule has 0 spiro atoms. The Balaban J connectivity index is 0.00000196. The summed E-state index contributed by atoms with van der Waals surface area (Å²) < 4.78 is 16.3. The average molecular weight is 432 g/mol. The summed E-state index contributed by atoms with van der Waals surface area (Å²) in [5.74, 6) is 0.784. The third-order valence-corrected chi connectivity index (χ3v) is 4.87. The van der Waals surface area contributed by atoms with Crippen LogP contribution in [0.5, 0.6) is 0 Å². The summed E-state index contributed by atoms with van der Waals surface area (Å²) in [6.07, 6.45) is 5.55. The number of aryl methyl sites for hydroxylation is 1. The van der Waals surface area contributed by atoms with Crippen molar-refractivity contribution in [2.24, 2.45) is 5.73 Å². The van der Waals surface area contributed by atoms with Crippen molar-refractivity contribution in [3.05, 3.63) is 29.8 Å². The summed E-state index contributed by atoms with van der Waals surface area (Å²) >= 11 is 0. The molecule has 1 atom stereocenters. The zero-order chi connectivity index (χ0) is 18.7. The number of rotatable bonds is 5. The van der Waals surface area contributed by atoms with Gasteiger partial charge in [0.1, 0.15) is 11.6 Å². The number of nitrogens with two attached hydrogens (primary N) is 1. The number of hydrogen-bond donors (Lipinski definition) is 2. The Morgan fingerprint density at radius 1 is 1.29 bits per heavy atom. The molecule has 1 unspecified atom stereocenters. The smallest absolute Gasteiger partial charge is 0.244 e. The van der Waals surface area contributed by atoms with Crippen LogP contribution in [0.3, 0.4) is 0 Å². The number of fused-ring (bicyclic) bond motifs is 1. The van der Waals surface area contributed by atoms with E-state index in [2.05, 4.69) is 20.1 Å². The van der Waals surface area contributed by atoms with Gasteiger partial charge in [0.05, 0.1) is 11.2 Å². The van der Waals surface area contributed by atoms with Gasteiger partial charge in [-0.15, -0.1) is 35.0 Å². The third kappa shape index (κ3) is 5.21. The van der Waals surface area contributed by atoms with E-state index in [0.29, 0.717) is 12.2 Å². The summed E-state index contributed by atoms with van der Waals surface area (Å²) in [6.45, 7) is 4.47. The highest BCUT2D eigenvalue weighted by atomic mass is 35.5. The first kappa shape index (κ1) is 24.3. The molecule has 0 fully saturated rings. The maximum absolute atomic E-state index is 14.3. The zero-order valence-electron chi connectivity index (χ0n) is 16.2. The molecule has 6 nitrogen and oxygen atoms in total. The van der Waals surface area contributed by atoms with Crippen molar-refractivity contribution in [1.29, 1.82) is 0 Å². The Bertz CT molecular complexity index is 810. The van der Waals surface area contributed by atoms with Crippen molar-refractivity contribution in [2.75, 3.05) is 5.32 Å². The van der Waals surface area contributed by atoms with Crippen molar-refractivity contribution < 1.29 is 9.18 Å². The quantitative estimate of drug-likeness (QED) is 0.745. The molecule has 28 heavy (non-hydrogen) atoms. The number of nitrogens with zero attached hydrogens (tertiary/aromatic N) is 3. The number of anilines is 1. The van der Waals surface area contributed by atoms with Gasteiger partial charge in [0.15, 0.2) is 5.82 Å². The topological polar surface area (TPSA) is 85.8 Å². The van der Waals surface area contributed by atoms with Crippen molar-refractivity contribution in [3.8, 4) is 11.4 Å². The van der Waals surface area contributed by atoms with Crippen LogP contribution in [-0.2, 0) is 17.8 Å². The van der Waals surface area contributed by atoms with E-state index >= 15 is 0 Å². The SMILES string of the molecule is CCCC(C)(N)C(=O)Nc1cc(-c2nnc3n2CCCCC3)ccc1F.Cl.Cl. The lowest BCUT2D eigenvalue weighted by Gasteiger charge is -2.23. The van der Waals surface area contributed by atoms with Crippen LogP contribution in [0, 0.1) is 5.82 Å². The number of halogens is 3. The van der Waals surface area contributed by atoms with Gasteiger partial charge in [-0.3, -0.25) is 4.79 Å². The average Bonchev–Trinajstić information content (AvgIpc) is 2.85. The summed E-state index contributed by atoms with van der Waals surface area (Å²) in [5.41, 5.74) is 5.86. The molecule has 0 bridgehead atoms. The van der Waals surface area contributed by atoms with Crippen molar-refractivity contribution >= 4 is 36.4 Å². The fraction of sp³-hybridized carbons (Fsp3) is 0.526. The van der Waals surface area contributed by atoms with Gasteiger partial charge in [0.2, 0.25) is 5.91 Å². The third-order valence-electron chi connectivity index (χ3n) is 4.87. The lowest BCUT2D eigenvalue weighted by Crippen LogP contribution is -2.48. The molecule has 0 saturated carbocycles. The Morgan fingerprint density at radius 3 is 2.75 bits per heavy atom. The van der Waals surface area contributed by atoms with E-state index in [-0.39, 0.29) is 30.5 Å². The predicted molar refractivity (Wildman–Crippen MR) is 114 cm³/mol. The lowest BCUT2D eigenvalue weighted by molar-refractivity contribution is -0.120. The van der Waals surface area contributed by atoms with E-state index in [0.717, 1.165) is 43.6 Å². The molecule has 1 aliphatic rings. The second-order valence-electron chi connectivity index (χ2n) is 7.22. The number of carbonyl (C=O) groups excluding carboxylic acids is 1. The molecule has 0 saturated heterocycles. The van der Waals surface area contributed by atoms with Gasteiger partial charge in [0.25, 0.3) is 0 Å². The number of carbonyl (C=O) groups is 1. The maximum Gasteiger partial charge on any atom is 0.244 e. The van der Waals surface area contributed by atoms with Crippen molar-refractivity contribution in [2.45, 2.75) is 64.5 Å². The van der Waals surface area contributed by atoms with E-state index in [1.54, 1.807) is 19.1 Å².